The molecule has 33 heavy (non-hydrogen) atoms. The maximum Gasteiger partial charge on any atom is 0.138 e. The molecule has 1 aliphatic rings. The van der Waals surface area contributed by atoms with Crippen molar-refractivity contribution in [1.29, 1.82) is 0 Å². The van der Waals surface area contributed by atoms with Crippen molar-refractivity contribution in [2.75, 3.05) is 6.54 Å². The maximum absolute atomic E-state index is 13.9. The van der Waals surface area contributed by atoms with Crippen LogP contribution in [0.2, 0.25) is 0 Å². The normalized spacial score (nSPS) is 13.4. The minimum absolute atomic E-state index is 0.265. The van der Waals surface area contributed by atoms with Gasteiger partial charge in [-0.2, -0.15) is 0 Å². The summed E-state index contributed by atoms with van der Waals surface area (Å²) in [4.78, 5) is 26.0. The van der Waals surface area contributed by atoms with Gasteiger partial charge < -0.3 is 4.98 Å². The third-order valence-corrected chi connectivity index (χ3v) is 5.86. The van der Waals surface area contributed by atoms with E-state index >= 15 is 0 Å². The molecule has 0 saturated heterocycles. The predicted molar refractivity (Wildman–Crippen MR) is 126 cm³/mol. The highest BCUT2D eigenvalue weighted by molar-refractivity contribution is 6.15. The lowest BCUT2D eigenvalue weighted by molar-refractivity contribution is 0.628. The van der Waals surface area contributed by atoms with E-state index in [2.05, 4.69) is 31.0 Å². The number of aryl methyl sites for hydroxylation is 1. The van der Waals surface area contributed by atoms with Crippen molar-refractivity contribution >= 4 is 16.7 Å². The molecule has 1 N–H and O–H groups in total. The Balaban J connectivity index is 1.50. The van der Waals surface area contributed by atoms with Crippen LogP contribution in [-0.2, 0) is 6.42 Å². The average molecular weight is 434 g/mol. The van der Waals surface area contributed by atoms with Gasteiger partial charge in [0.25, 0.3) is 0 Å². The molecule has 0 spiro atoms. The van der Waals surface area contributed by atoms with E-state index in [1.54, 1.807) is 36.9 Å². The fraction of sp³-hybridized carbons (Fsp3) is 0.115. The Morgan fingerprint density at radius 3 is 2.70 bits per heavy atom. The summed E-state index contributed by atoms with van der Waals surface area (Å²) in [5, 5.41) is 0.926. The van der Waals surface area contributed by atoms with Gasteiger partial charge in [-0.15, -0.1) is 0 Å². The Morgan fingerprint density at radius 1 is 0.848 bits per heavy atom. The molecular weight excluding hydrogens is 415 g/mol. The number of H-pyrrole nitrogens is 1. The number of benzene rings is 1. The van der Waals surface area contributed by atoms with Crippen LogP contribution in [0.15, 0.2) is 78.4 Å². The van der Waals surface area contributed by atoms with Crippen LogP contribution in [0.25, 0.3) is 33.5 Å². The van der Waals surface area contributed by atoms with Gasteiger partial charge in [0, 0.05) is 42.3 Å². The minimum atomic E-state index is -0.265. The van der Waals surface area contributed by atoms with Crippen LogP contribution in [0.5, 0.6) is 0 Å². The fourth-order valence-electron chi connectivity index (χ4n) is 4.31. The second-order valence-corrected chi connectivity index (χ2v) is 7.97. The average Bonchev–Trinajstić information content (AvgIpc) is 3.17. The molecule has 0 amide bonds. The number of nitrogens with zero attached hydrogens (tertiary/aromatic N) is 5. The topological polar surface area (TPSA) is 79.7 Å². The van der Waals surface area contributed by atoms with E-state index in [1.807, 2.05) is 24.4 Å². The van der Waals surface area contributed by atoms with Gasteiger partial charge >= 0.3 is 0 Å². The molecule has 0 saturated carbocycles. The fourth-order valence-corrected chi connectivity index (χ4v) is 4.31. The van der Waals surface area contributed by atoms with E-state index in [0.29, 0.717) is 0 Å². The number of pyridine rings is 2. The second kappa shape index (κ2) is 8.02. The predicted octanol–water partition coefficient (Wildman–Crippen LogP) is 5.00. The zero-order valence-corrected chi connectivity index (χ0v) is 17.7. The third-order valence-electron chi connectivity index (χ3n) is 5.86. The Hall–Kier alpha value is -4.26. The molecule has 7 heteroatoms. The van der Waals surface area contributed by atoms with Crippen LogP contribution >= 0.6 is 0 Å². The van der Waals surface area contributed by atoms with Crippen molar-refractivity contribution in [2.24, 2.45) is 4.99 Å². The zero-order chi connectivity index (χ0) is 22.2. The Morgan fingerprint density at radius 2 is 1.82 bits per heavy atom. The van der Waals surface area contributed by atoms with Crippen molar-refractivity contribution in [3.63, 3.8) is 0 Å². The number of rotatable bonds is 3. The summed E-state index contributed by atoms with van der Waals surface area (Å²) in [6, 6.07) is 12.6. The summed E-state index contributed by atoms with van der Waals surface area (Å²) in [5.74, 6) is -0.265. The number of halogens is 1. The third kappa shape index (κ3) is 3.57. The molecule has 5 aromatic rings. The van der Waals surface area contributed by atoms with E-state index < -0.39 is 0 Å². The van der Waals surface area contributed by atoms with Crippen molar-refractivity contribution in [2.45, 2.75) is 12.8 Å². The molecule has 0 aliphatic carbocycles. The zero-order valence-electron chi connectivity index (χ0n) is 17.7. The molecule has 0 fully saturated rings. The number of fused-ring (bicyclic) bond motifs is 2. The summed E-state index contributed by atoms with van der Waals surface area (Å²) in [6.07, 6.45) is 10.5. The van der Waals surface area contributed by atoms with E-state index in [1.165, 1.54) is 6.07 Å². The molecule has 160 valence electrons. The maximum atomic E-state index is 13.9. The number of aliphatic imine (C=N–C) groups is 1. The first kappa shape index (κ1) is 19.4. The molecule has 6 nitrogen and oxygen atoms in total. The van der Waals surface area contributed by atoms with Crippen LogP contribution in [0.3, 0.4) is 0 Å². The monoisotopic (exact) mass is 434 g/mol. The highest BCUT2D eigenvalue weighted by Gasteiger charge is 2.20. The van der Waals surface area contributed by atoms with Crippen molar-refractivity contribution < 1.29 is 4.39 Å². The first-order chi connectivity index (χ1) is 16.3. The van der Waals surface area contributed by atoms with Crippen molar-refractivity contribution in [3.05, 3.63) is 96.1 Å². The molecule has 0 unspecified atom stereocenters. The second-order valence-electron chi connectivity index (χ2n) is 7.97. The summed E-state index contributed by atoms with van der Waals surface area (Å²) in [6.45, 7) is 0.726. The molecule has 4 aromatic heterocycles. The highest BCUT2D eigenvalue weighted by atomic mass is 19.1. The molecule has 1 aromatic carbocycles. The number of aromatic amines is 1. The number of hydrogen-bond acceptors (Lipinski definition) is 5. The van der Waals surface area contributed by atoms with Gasteiger partial charge in [-0.25, -0.2) is 9.37 Å². The van der Waals surface area contributed by atoms with Crippen molar-refractivity contribution in [3.8, 4) is 22.5 Å². The SMILES string of the molecule is Fc1cccc(-c2ccnc3[nH]c(C4=NCCCc5cnc(-c6cnccn6)cc54)cc23)c1. The summed E-state index contributed by atoms with van der Waals surface area (Å²) >= 11 is 0. The number of aromatic nitrogens is 5. The van der Waals surface area contributed by atoms with Crippen molar-refractivity contribution in [1.82, 2.24) is 24.9 Å². The first-order valence-corrected chi connectivity index (χ1v) is 10.8. The largest absolute Gasteiger partial charge is 0.338 e. The van der Waals surface area contributed by atoms with Crippen LogP contribution in [0, 0.1) is 5.82 Å². The molecule has 1 aliphatic heterocycles. The van der Waals surface area contributed by atoms with Gasteiger partial charge in [0.15, 0.2) is 0 Å². The van der Waals surface area contributed by atoms with Crippen LogP contribution in [0.4, 0.5) is 4.39 Å². The number of nitrogens with one attached hydrogen (secondary N) is 1. The smallest absolute Gasteiger partial charge is 0.138 e. The van der Waals surface area contributed by atoms with E-state index in [4.69, 9.17) is 4.99 Å². The lowest BCUT2D eigenvalue weighted by atomic mass is 9.98. The minimum Gasteiger partial charge on any atom is -0.338 e. The standard InChI is InChI=1S/C26H19FN6/c27-18-5-1-3-16(11-18)19-6-8-31-26-21(19)13-23(33-26)25-20-12-22(24-15-28-9-10-29-24)32-14-17(20)4-2-7-30-25/h1,3,5-6,8-15H,2,4,7H2,(H,31,33). The van der Waals surface area contributed by atoms with Crippen LogP contribution in [0.1, 0.15) is 23.2 Å². The lowest BCUT2D eigenvalue weighted by Gasteiger charge is -2.10. The van der Waals surface area contributed by atoms with Gasteiger partial charge in [0.1, 0.15) is 17.2 Å². The Labute approximate surface area is 189 Å². The Kier molecular flexibility index (Phi) is 4.72. The van der Waals surface area contributed by atoms with E-state index in [9.17, 15) is 4.39 Å². The molecule has 5 heterocycles. The summed E-state index contributed by atoms with van der Waals surface area (Å²) in [7, 11) is 0. The molecular formula is C26H19FN6. The molecule has 0 radical (unpaired) electrons. The van der Waals surface area contributed by atoms with Crippen LogP contribution in [-0.4, -0.2) is 37.2 Å². The molecule has 6 rings (SSSR count). The van der Waals surface area contributed by atoms with Crippen LogP contribution < -0.4 is 0 Å². The Bertz CT molecular complexity index is 1510. The van der Waals surface area contributed by atoms with Gasteiger partial charge in [-0.1, -0.05) is 12.1 Å². The van der Waals surface area contributed by atoms with Gasteiger partial charge in [-0.3, -0.25) is 19.9 Å². The molecule has 0 atom stereocenters. The van der Waals surface area contributed by atoms with Gasteiger partial charge in [0.05, 0.1) is 23.3 Å². The quantitative estimate of drug-likeness (QED) is 0.433. The summed E-state index contributed by atoms with van der Waals surface area (Å²) < 4.78 is 13.9. The van der Waals surface area contributed by atoms with E-state index in [0.717, 1.165) is 75.5 Å². The highest BCUT2D eigenvalue weighted by Crippen LogP contribution is 2.31. The number of hydrogen-bond donors (Lipinski definition) is 1. The van der Waals surface area contributed by atoms with Gasteiger partial charge in [0.2, 0.25) is 0 Å². The lowest BCUT2D eigenvalue weighted by Crippen LogP contribution is -2.07. The van der Waals surface area contributed by atoms with E-state index in [-0.39, 0.29) is 5.82 Å². The van der Waals surface area contributed by atoms with Gasteiger partial charge in [-0.05, 0) is 59.9 Å². The first-order valence-electron chi connectivity index (χ1n) is 10.8. The molecule has 0 bridgehead atoms. The summed E-state index contributed by atoms with van der Waals surface area (Å²) in [5.41, 5.74) is 7.87.